The summed E-state index contributed by atoms with van der Waals surface area (Å²) >= 11 is 1.71. The second-order valence-corrected chi connectivity index (χ2v) is 5.14. The maximum absolute atomic E-state index is 5.91. The maximum atomic E-state index is 5.91. The quantitative estimate of drug-likeness (QED) is 0.811. The fourth-order valence-corrected chi connectivity index (χ4v) is 2.48. The summed E-state index contributed by atoms with van der Waals surface area (Å²) in [6.07, 6.45) is 2.07. The Labute approximate surface area is 119 Å². The molecule has 0 aromatic heterocycles. The van der Waals surface area contributed by atoms with Gasteiger partial charge in [-0.1, -0.05) is 36.4 Å². The third-order valence-electron chi connectivity index (χ3n) is 2.84. The van der Waals surface area contributed by atoms with Crippen LogP contribution in [-0.2, 0) is 13.2 Å². The second kappa shape index (κ2) is 7.22. The third-order valence-corrected chi connectivity index (χ3v) is 3.61. The second-order valence-electron chi connectivity index (χ2n) is 4.29. The molecule has 0 bridgehead atoms. The molecule has 0 spiro atoms. The van der Waals surface area contributed by atoms with Crippen LogP contribution in [0.25, 0.3) is 0 Å². The summed E-state index contributed by atoms with van der Waals surface area (Å²) in [7, 11) is 1.96. The number of benzene rings is 2. The molecule has 0 saturated heterocycles. The normalized spacial score (nSPS) is 10.4. The molecular formula is C16H19NOS. The van der Waals surface area contributed by atoms with Crippen molar-refractivity contribution in [1.82, 2.24) is 5.32 Å². The first-order valence-corrected chi connectivity index (χ1v) is 7.54. The van der Waals surface area contributed by atoms with Crippen molar-refractivity contribution in [2.24, 2.45) is 0 Å². The number of hydrogen-bond acceptors (Lipinski definition) is 3. The minimum absolute atomic E-state index is 0.606. The lowest BCUT2D eigenvalue weighted by atomic mass is 10.1. The Kier molecular flexibility index (Phi) is 5.31. The van der Waals surface area contributed by atoms with Crippen LogP contribution in [0.5, 0.6) is 5.75 Å². The van der Waals surface area contributed by atoms with Crippen molar-refractivity contribution >= 4 is 11.8 Å². The van der Waals surface area contributed by atoms with Crippen LogP contribution in [0.3, 0.4) is 0 Å². The molecule has 100 valence electrons. The van der Waals surface area contributed by atoms with E-state index in [4.69, 9.17) is 4.74 Å². The molecule has 0 aliphatic carbocycles. The lowest BCUT2D eigenvalue weighted by Gasteiger charge is -2.10. The van der Waals surface area contributed by atoms with Crippen LogP contribution >= 0.6 is 11.8 Å². The Morgan fingerprint density at radius 1 is 1.05 bits per heavy atom. The molecule has 0 unspecified atom stereocenters. The standard InChI is InChI=1S/C16H19NOS/c1-17-11-13-6-5-7-14(10-13)12-18-15-8-3-4-9-16(15)19-2/h3-10,17H,11-12H2,1-2H3. The highest BCUT2D eigenvalue weighted by atomic mass is 32.2. The molecule has 0 aliphatic heterocycles. The van der Waals surface area contributed by atoms with Crippen molar-refractivity contribution in [3.05, 3.63) is 59.7 Å². The van der Waals surface area contributed by atoms with Gasteiger partial charge in [0.05, 0.1) is 0 Å². The van der Waals surface area contributed by atoms with Gasteiger partial charge in [0.15, 0.2) is 0 Å². The predicted octanol–water partition coefficient (Wildman–Crippen LogP) is 3.71. The van der Waals surface area contributed by atoms with E-state index in [-0.39, 0.29) is 0 Å². The molecule has 2 rings (SSSR count). The Hall–Kier alpha value is -1.45. The molecule has 1 N–H and O–H groups in total. The molecule has 2 aromatic carbocycles. The molecule has 0 atom stereocenters. The molecule has 0 amide bonds. The molecule has 0 saturated carbocycles. The van der Waals surface area contributed by atoms with Gasteiger partial charge in [-0.25, -0.2) is 0 Å². The van der Waals surface area contributed by atoms with Gasteiger partial charge in [0.2, 0.25) is 0 Å². The zero-order valence-corrected chi connectivity index (χ0v) is 12.2. The maximum Gasteiger partial charge on any atom is 0.133 e. The van der Waals surface area contributed by atoms with E-state index in [9.17, 15) is 0 Å². The molecule has 0 fully saturated rings. The SMILES string of the molecule is CNCc1cccc(COc2ccccc2SC)c1. The summed E-state index contributed by atoms with van der Waals surface area (Å²) < 4.78 is 5.91. The minimum Gasteiger partial charge on any atom is -0.488 e. The Morgan fingerprint density at radius 3 is 2.63 bits per heavy atom. The van der Waals surface area contributed by atoms with Gasteiger partial charge >= 0.3 is 0 Å². The van der Waals surface area contributed by atoms with Crippen molar-refractivity contribution in [2.45, 2.75) is 18.0 Å². The first kappa shape index (κ1) is 14.0. The zero-order chi connectivity index (χ0) is 13.5. The molecule has 19 heavy (non-hydrogen) atoms. The molecule has 3 heteroatoms. The first-order chi connectivity index (χ1) is 9.33. The van der Waals surface area contributed by atoms with E-state index in [1.54, 1.807) is 11.8 Å². The van der Waals surface area contributed by atoms with Crippen LogP contribution in [0.2, 0.25) is 0 Å². The van der Waals surface area contributed by atoms with Gasteiger partial charge in [0, 0.05) is 11.4 Å². The average molecular weight is 273 g/mol. The summed E-state index contributed by atoms with van der Waals surface area (Å²) in [5.74, 6) is 0.953. The minimum atomic E-state index is 0.606. The smallest absolute Gasteiger partial charge is 0.133 e. The number of rotatable bonds is 6. The van der Waals surface area contributed by atoms with Crippen molar-refractivity contribution in [1.29, 1.82) is 0 Å². The summed E-state index contributed by atoms with van der Waals surface area (Å²) in [6, 6.07) is 16.6. The van der Waals surface area contributed by atoms with E-state index >= 15 is 0 Å². The van der Waals surface area contributed by atoms with Gasteiger partial charge in [0.25, 0.3) is 0 Å². The molecule has 2 aromatic rings. The zero-order valence-electron chi connectivity index (χ0n) is 11.3. The van der Waals surface area contributed by atoms with Crippen LogP contribution in [0.15, 0.2) is 53.4 Å². The Balaban J connectivity index is 2.03. The van der Waals surface area contributed by atoms with Gasteiger partial charge in [0.1, 0.15) is 12.4 Å². The molecular weight excluding hydrogens is 254 g/mol. The average Bonchev–Trinajstić information content (AvgIpc) is 2.46. The summed E-state index contributed by atoms with van der Waals surface area (Å²) in [6.45, 7) is 1.49. The first-order valence-electron chi connectivity index (χ1n) is 6.31. The highest BCUT2D eigenvalue weighted by molar-refractivity contribution is 7.98. The monoisotopic (exact) mass is 273 g/mol. The lowest BCUT2D eigenvalue weighted by Crippen LogP contribution is -2.05. The van der Waals surface area contributed by atoms with Crippen LogP contribution < -0.4 is 10.1 Å². The van der Waals surface area contributed by atoms with Gasteiger partial charge in [-0.05, 0) is 36.6 Å². The lowest BCUT2D eigenvalue weighted by molar-refractivity contribution is 0.299. The van der Waals surface area contributed by atoms with E-state index < -0.39 is 0 Å². The van der Waals surface area contributed by atoms with E-state index in [0.29, 0.717) is 6.61 Å². The summed E-state index contributed by atoms with van der Waals surface area (Å²) in [5.41, 5.74) is 2.48. The van der Waals surface area contributed by atoms with Crippen LogP contribution in [0.1, 0.15) is 11.1 Å². The van der Waals surface area contributed by atoms with E-state index in [2.05, 4.69) is 41.9 Å². The van der Waals surface area contributed by atoms with Crippen LogP contribution in [0, 0.1) is 0 Å². The fraction of sp³-hybridized carbons (Fsp3) is 0.250. The topological polar surface area (TPSA) is 21.3 Å². The largest absolute Gasteiger partial charge is 0.488 e. The van der Waals surface area contributed by atoms with E-state index in [1.807, 2.05) is 25.2 Å². The van der Waals surface area contributed by atoms with Gasteiger partial charge < -0.3 is 10.1 Å². The predicted molar refractivity (Wildman–Crippen MR) is 81.8 cm³/mol. The van der Waals surface area contributed by atoms with Crippen molar-refractivity contribution in [3.8, 4) is 5.75 Å². The van der Waals surface area contributed by atoms with Crippen LogP contribution in [-0.4, -0.2) is 13.3 Å². The number of ether oxygens (including phenoxy) is 1. The highest BCUT2D eigenvalue weighted by Crippen LogP contribution is 2.27. The van der Waals surface area contributed by atoms with Crippen LogP contribution in [0.4, 0.5) is 0 Å². The number of hydrogen-bond donors (Lipinski definition) is 1. The number of thioether (sulfide) groups is 1. The summed E-state index contributed by atoms with van der Waals surface area (Å²) in [5, 5.41) is 3.16. The molecule has 2 nitrogen and oxygen atoms in total. The van der Waals surface area contributed by atoms with Gasteiger partial charge in [-0.3, -0.25) is 0 Å². The van der Waals surface area contributed by atoms with Crippen molar-refractivity contribution < 1.29 is 4.74 Å². The third kappa shape index (κ3) is 4.01. The Bertz CT molecular complexity index is 528. The van der Waals surface area contributed by atoms with Crippen molar-refractivity contribution in [3.63, 3.8) is 0 Å². The van der Waals surface area contributed by atoms with Gasteiger partial charge in [-0.2, -0.15) is 0 Å². The van der Waals surface area contributed by atoms with E-state index in [0.717, 1.165) is 12.3 Å². The molecule has 0 radical (unpaired) electrons. The molecule has 0 heterocycles. The summed E-state index contributed by atoms with van der Waals surface area (Å²) in [4.78, 5) is 1.17. The highest BCUT2D eigenvalue weighted by Gasteiger charge is 2.02. The fourth-order valence-electron chi connectivity index (χ4n) is 1.93. The molecule has 0 aliphatic rings. The number of para-hydroxylation sites is 1. The van der Waals surface area contributed by atoms with Gasteiger partial charge in [-0.15, -0.1) is 11.8 Å². The number of nitrogens with one attached hydrogen (secondary N) is 1. The van der Waals surface area contributed by atoms with E-state index in [1.165, 1.54) is 16.0 Å². The van der Waals surface area contributed by atoms with Crippen molar-refractivity contribution in [2.75, 3.05) is 13.3 Å². The Morgan fingerprint density at radius 2 is 1.84 bits per heavy atom.